The average molecular weight is 344 g/mol. The molecule has 0 unspecified atom stereocenters. The van der Waals surface area contributed by atoms with Crippen LogP contribution in [0, 0.1) is 20.0 Å². The number of rotatable bonds is 2. The van der Waals surface area contributed by atoms with Crippen LogP contribution in [0.25, 0.3) is 11.1 Å². The van der Waals surface area contributed by atoms with Crippen LogP contribution in [0.1, 0.15) is 0 Å². The minimum absolute atomic E-state index is 0.0884. The standard InChI is InChI=1S/C10H5IN2O4/c11-4-1-5-12-8-6-7(13(15)16)2-3-9(8)17-10(12)14/h2-3,6H,5H2. The lowest BCUT2D eigenvalue weighted by atomic mass is 10.3. The van der Waals surface area contributed by atoms with Crippen molar-refractivity contribution in [3.63, 3.8) is 0 Å². The third-order valence-electron chi connectivity index (χ3n) is 2.17. The van der Waals surface area contributed by atoms with Gasteiger partial charge in [0.2, 0.25) is 0 Å². The van der Waals surface area contributed by atoms with Crippen molar-refractivity contribution >= 4 is 39.4 Å². The van der Waals surface area contributed by atoms with E-state index < -0.39 is 10.7 Å². The fraction of sp³-hybridized carbons (Fsp3) is 0.100. The van der Waals surface area contributed by atoms with Crippen LogP contribution in [0.5, 0.6) is 0 Å². The summed E-state index contributed by atoms with van der Waals surface area (Å²) >= 11 is 1.85. The molecule has 7 heteroatoms. The Kier molecular flexibility index (Phi) is 3.14. The third kappa shape index (κ3) is 2.16. The number of benzene rings is 1. The smallest absolute Gasteiger partial charge is 0.408 e. The van der Waals surface area contributed by atoms with Gasteiger partial charge in [0.15, 0.2) is 5.58 Å². The molecule has 1 aromatic heterocycles. The number of oxazole rings is 1. The van der Waals surface area contributed by atoms with Crippen LogP contribution in [-0.4, -0.2) is 9.49 Å². The van der Waals surface area contributed by atoms with Crippen LogP contribution in [-0.2, 0) is 6.54 Å². The predicted octanol–water partition coefficient (Wildman–Crippen LogP) is 1.90. The highest BCUT2D eigenvalue weighted by Crippen LogP contribution is 2.19. The van der Waals surface area contributed by atoms with Crippen molar-refractivity contribution in [3.05, 3.63) is 38.9 Å². The highest BCUT2D eigenvalue weighted by atomic mass is 127. The van der Waals surface area contributed by atoms with Gasteiger partial charge in [0.1, 0.15) is 0 Å². The number of nitro groups is 1. The van der Waals surface area contributed by atoms with Gasteiger partial charge in [0, 0.05) is 34.7 Å². The van der Waals surface area contributed by atoms with Crippen molar-refractivity contribution in [1.82, 2.24) is 4.57 Å². The van der Waals surface area contributed by atoms with E-state index in [-0.39, 0.29) is 12.2 Å². The Hall–Kier alpha value is -1.82. The number of non-ortho nitro benzene ring substituents is 1. The van der Waals surface area contributed by atoms with Gasteiger partial charge in [-0.2, -0.15) is 0 Å². The summed E-state index contributed by atoms with van der Waals surface area (Å²) in [4.78, 5) is 21.6. The third-order valence-corrected chi connectivity index (χ3v) is 2.55. The molecule has 2 rings (SSSR count). The SMILES string of the molecule is O=c1oc2ccc([N+](=O)[O-])cc2n1CC#CI. The summed E-state index contributed by atoms with van der Waals surface area (Å²) in [6, 6.07) is 4.00. The first-order chi connectivity index (χ1) is 8.13. The molecule has 2 aromatic rings. The van der Waals surface area contributed by atoms with E-state index in [1.165, 1.54) is 22.8 Å². The Morgan fingerprint density at radius 2 is 2.29 bits per heavy atom. The molecular formula is C10H5IN2O4. The Morgan fingerprint density at radius 3 is 2.94 bits per heavy atom. The maximum Gasteiger partial charge on any atom is 0.420 e. The fourth-order valence-electron chi connectivity index (χ4n) is 1.42. The van der Waals surface area contributed by atoms with Crippen molar-refractivity contribution in [3.8, 4) is 9.85 Å². The first kappa shape index (κ1) is 11.7. The highest BCUT2D eigenvalue weighted by Gasteiger charge is 2.13. The summed E-state index contributed by atoms with van der Waals surface area (Å²) < 4.78 is 8.82. The van der Waals surface area contributed by atoms with Crippen LogP contribution >= 0.6 is 22.6 Å². The number of nitrogens with zero attached hydrogens (tertiary/aromatic N) is 2. The zero-order chi connectivity index (χ0) is 12.4. The van der Waals surface area contributed by atoms with Crippen LogP contribution < -0.4 is 5.76 Å². The van der Waals surface area contributed by atoms with Gasteiger partial charge in [-0.25, -0.2) is 4.79 Å². The number of aromatic nitrogens is 1. The molecule has 0 aliphatic heterocycles. The molecule has 0 bridgehead atoms. The minimum atomic E-state index is -0.570. The predicted molar refractivity (Wildman–Crippen MR) is 68.9 cm³/mol. The monoisotopic (exact) mass is 344 g/mol. The summed E-state index contributed by atoms with van der Waals surface area (Å²) in [7, 11) is 0. The second-order valence-electron chi connectivity index (χ2n) is 3.13. The zero-order valence-corrected chi connectivity index (χ0v) is 10.5. The molecule has 0 saturated carbocycles. The lowest BCUT2D eigenvalue weighted by molar-refractivity contribution is -0.384. The maximum atomic E-state index is 11.5. The Labute approximate surface area is 109 Å². The van der Waals surface area contributed by atoms with Crippen molar-refractivity contribution < 1.29 is 9.34 Å². The van der Waals surface area contributed by atoms with Gasteiger partial charge in [-0.3, -0.25) is 14.7 Å². The van der Waals surface area contributed by atoms with E-state index >= 15 is 0 Å². The molecule has 1 heterocycles. The molecule has 0 saturated heterocycles. The molecule has 0 aliphatic carbocycles. The van der Waals surface area contributed by atoms with Gasteiger partial charge in [0.25, 0.3) is 5.69 Å². The second kappa shape index (κ2) is 4.58. The van der Waals surface area contributed by atoms with Crippen molar-refractivity contribution in [1.29, 1.82) is 0 Å². The van der Waals surface area contributed by atoms with Crippen LogP contribution in [0.15, 0.2) is 27.4 Å². The highest BCUT2D eigenvalue weighted by molar-refractivity contribution is 14.1. The van der Waals surface area contributed by atoms with Gasteiger partial charge < -0.3 is 4.42 Å². The lowest BCUT2D eigenvalue weighted by Gasteiger charge is -1.95. The van der Waals surface area contributed by atoms with E-state index in [0.717, 1.165) is 0 Å². The second-order valence-corrected chi connectivity index (χ2v) is 3.67. The zero-order valence-electron chi connectivity index (χ0n) is 8.34. The number of halogens is 1. The first-order valence-electron chi connectivity index (χ1n) is 4.50. The number of nitro benzene ring substituents is 1. The molecule has 0 fully saturated rings. The van der Waals surface area contributed by atoms with Crippen molar-refractivity contribution in [2.24, 2.45) is 0 Å². The minimum Gasteiger partial charge on any atom is -0.408 e. The van der Waals surface area contributed by atoms with Crippen LogP contribution in [0.3, 0.4) is 0 Å². The largest absolute Gasteiger partial charge is 0.420 e. The number of fused-ring (bicyclic) bond motifs is 1. The van der Waals surface area contributed by atoms with E-state index in [4.69, 9.17) is 4.42 Å². The molecule has 6 nitrogen and oxygen atoms in total. The van der Waals surface area contributed by atoms with E-state index in [1.807, 2.05) is 22.6 Å². The summed E-state index contributed by atoms with van der Waals surface area (Å²) in [6.45, 7) is 0.149. The number of hydrogen-bond acceptors (Lipinski definition) is 4. The Morgan fingerprint density at radius 1 is 1.53 bits per heavy atom. The average Bonchev–Trinajstić information content (AvgIpc) is 2.61. The fourth-order valence-corrected chi connectivity index (χ4v) is 1.59. The van der Waals surface area contributed by atoms with E-state index in [9.17, 15) is 14.9 Å². The molecule has 0 spiro atoms. The van der Waals surface area contributed by atoms with E-state index in [2.05, 4.69) is 9.85 Å². The molecule has 0 amide bonds. The Balaban J connectivity index is 2.67. The van der Waals surface area contributed by atoms with E-state index in [1.54, 1.807) is 0 Å². The first-order valence-corrected chi connectivity index (χ1v) is 5.57. The topological polar surface area (TPSA) is 78.3 Å². The normalized spacial score (nSPS) is 9.94. The van der Waals surface area contributed by atoms with Crippen LogP contribution in [0.4, 0.5) is 5.69 Å². The van der Waals surface area contributed by atoms with Crippen molar-refractivity contribution in [2.45, 2.75) is 6.54 Å². The molecule has 0 aliphatic rings. The number of hydrogen-bond donors (Lipinski definition) is 0. The molecule has 0 N–H and O–H groups in total. The van der Waals surface area contributed by atoms with Gasteiger partial charge in [0.05, 0.1) is 17.0 Å². The maximum absolute atomic E-state index is 11.5. The molecule has 0 radical (unpaired) electrons. The van der Waals surface area contributed by atoms with Crippen molar-refractivity contribution in [2.75, 3.05) is 0 Å². The summed E-state index contributed by atoms with van der Waals surface area (Å²) in [5.41, 5.74) is 0.605. The Bertz CT molecular complexity index is 704. The summed E-state index contributed by atoms with van der Waals surface area (Å²) in [6.07, 6.45) is 0. The molecule has 86 valence electrons. The van der Waals surface area contributed by atoms with Gasteiger partial charge in [-0.15, -0.1) is 0 Å². The molecule has 1 aromatic carbocycles. The van der Waals surface area contributed by atoms with Crippen LogP contribution in [0.2, 0.25) is 0 Å². The summed E-state index contributed by atoms with van der Waals surface area (Å²) in [5.74, 6) is 2.13. The quantitative estimate of drug-likeness (QED) is 0.361. The molecular weight excluding hydrogens is 339 g/mol. The van der Waals surface area contributed by atoms with Gasteiger partial charge in [-0.1, -0.05) is 5.92 Å². The van der Waals surface area contributed by atoms with Gasteiger partial charge in [-0.05, 0) is 9.99 Å². The molecule has 0 atom stereocenters. The summed E-state index contributed by atoms with van der Waals surface area (Å²) in [5, 5.41) is 10.6. The molecule has 17 heavy (non-hydrogen) atoms. The van der Waals surface area contributed by atoms with Gasteiger partial charge >= 0.3 is 5.76 Å². The lowest BCUT2D eigenvalue weighted by Crippen LogP contribution is -2.13. The van der Waals surface area contributed by atoms with E-state index in [0.29, 0.717) is 11.1 Å².